The predicted octanol–water partition coefficient (Wildman–Crippen LogP) is 3.84. The number of hydrogen-bond acceptors (Lipinski definition) is 5. The Bertz CT molecular complexity index is 753. The highest BCUT2D eigenvalue weighted by Gasteiger charge is 2.07. The van der Waals surface area contributed by atoms with Gasteiger partial charge in [0, 0.05) is 16.6 Å². The molecule has 1 aromatic heterocycles. The van der Waals surface area contributed by atoms with Crippen LogP contribution in [0.5, 0.6) is 0 Å². The Kier molecular flexibility index (Phi) is 7.31. The second-order valence-electron chi connectivity index (χ2n) is 5.01. The lowest BCUT2D eigenvalue weighted by Crippen LogP contribution is -2.32. The van der Waals surface area contributed by atoms with Crippen LogP contribution in [0.1, 0.15) is 28.6 Å². The van der Waals surface area contributed by atoms with Crippen LogP contribution in [-0.2, 0) is 9.53 Å². The molecule has 0 aliphatic carbocycles. The molecule has 0 aliphatic rings. The van der Waals surface area contributed by atoms with E-state index in [9.17, 15) is 9.59 Å². The summed E-state index contributed by atoms with van der Waals surface area (Å²) in [4.78, 5) is 24.5. The zero-order valence-electron chi connectivity index (χ0n) is 13.7. The molecular formula is C18H18N2O3S2. The molecule has 0 saturated carbocycles. The number of nitrogens with one attached hydrogen (secondary N) is 2. The highest BCUT2D eigenvalue weighted by molar-refractivity contribution is 7.80. The number of thiophene rings is 1. The minimum absolute atomic E-state index is 0.183. The van der Waals surface area contributed by atoms with Gasteiger partial charge in [-0.25, -0.2) is 4.79 Å². The van der Waals surface area contributed by atoms with Crippen LogP contribution in [0, 0.1) is 0 Å². The maximum atomic E-state index is 11.8. The van der Waals surface area contributed by atoms with Crippen LogP contribution in [0.2, 0.25) is 0 Å². The third-order valence-corrected chi connectivity index (χ3v) is 4.04. The average molecular weight is 374 g/mol. The minimum atomic E-state index is -0.358. The van der Waals surface area contributed by atoms with Crippen LogP contribution in [0.15, 0.2) is 47.9 Å². The molecule has 5 nitrogen and oxygen atoms in total. The average Bonchev–Trinajstić information content (AvgIpc) is 3.12. The SMILES string of the molecule is CCCOC(=O)c1ccc(NC(=S)NC(=O)C=Cc2cccs2)cc1. The summed E-state index contributed by atoms with van der Waals surface area (Å²) in [5, 5.41) is 7.57. The lowest BCUT2D eigenvalue weighted by Gasteiger charge is -2.09. The number of anilines is 1. The maximum Gasteiger partial charge on any atom is 0.338 e. The molecule has 1 aromatic carbocycles. The quantitative estimate of drug-likeness (QED) is 0.457. The summed E-state index contributed by atoms with van der Waals surface area (Å²) in [5.41, 5.74) is 1.13. The van der Waals surface area contributed by atoms with E-state index in [1.807, 2.05) is 24.4 Å². The molecule has 0 bridgehead atoms. The molecule has 0 radical (unpaired) electrons. The van der Waals surface area contributed by atoms with Crippen molar-refractivity contribution in [2.24, 2.45) is 0 Å². The molecule has 7 heteroatoms. The summed E-state index contributed by atoms with van der Waals surface area (Å²) in [6.45, 7) is 2.33. The fourth-order valence-electron chi connectivity index (χ4n) is 1.83. The first-order valence-corrected chi connectivity index (χ1v) is 8.98. The number of ether oxygens (including phenoxy) is 1. The van der Waals surface area contributed by atoms with Gasteiger partial charge in [0.25, 0.3) is 0 Å². The summed E-state index contributed by atoms with van der Waals surface area (Å²) in [6, 6.07) is 10.5. The fraction of sp³-hybridized carbons (Fsp3) is 0.167. The van der Waals surface area contributed by atoms with Gasteiger partial charge < -0.3 is 10.1 Å². The number of thiocarbonyl (C=S) groups is 1. The zero-order valence-corrected chi connectivity index (χ0v) is 15.3. The number of amides is 1. The molecule has 2 aromatic rings. The van der Waals surface area contributed by atoms with E-state index in [1.165, 1.54) is 6.08 Å². The molecule has 0 spiro atoms. The standard InChI is InChI=1S/C18H18N2O3S2/c1-2-11-23-17(22)13-5-7-14(8-6-13)19-18(24)20-16(21)10-9-15-4-3-12-25-15/h3-10,12H,2,11H2,1H3,(H2,19,20,21,24). The monoisotopic (exact) mass is 374 g/mol. The van der Waals surface area contributed by atoms with E-state index in [2.05, 4.69) is 10.6 Å². The van der Waals surface area contributed by atoms with Gasteiger partial charge in [-0.05, 0) is 60.4 Å². The maximum absolute atomic E-state index is 11.8. The summed E-state index contributed by atoms with van der Waals surface area (Å²) >= 11 is 6.64. The van der Waals surface area contributed by atoms with Crippen molar-refractivity contribution in [1.29, 1.82) is 0 Å². The van der Waals surface area contributed by atoms with Crippen LogP contribution in [0.4, 0.5) is 5.69 Å². The van der Waals surface area contributed by atoms with Gasteiger partial charge in [0.05, 0.1) is 12.2 Å². The summed E-state index contributed by atoms with van der Waals surface area (Å²) in [5.74, 6) is -0.673. The van der Waals surface area contributed by atoms with Gasteiger partial charge in [-0.3, -0.25) is 10.1 Å². The number of hydrogen-bond donors (Lipinski definition) is 2. The van der Waals surface area contributed by atoms with E-state index in [4.69, 9.17) is 17.0 Å². The Morgan fingerprint density at radius 1 is 1.24 bits per heavy atom. The largest absolute Gasteiger partial charge is 0.462 e. The molecule has 1 amide bonds. The molecule has 0 atom stereocenters. The Morgan fingerprint density at radius 2 is 2.00 bits per heavy atom. The Hall–Kier alpha value is -2.51. The number of carbonyl (C=O) groups excluding carboxylic acids is 2. The first-order chi connectivity index (χ1) is 12.1. The highest BCUT2D eigenvalue weighted by Crippen LogP contribution is 2.11. The Morgan fingerprint density at radius 3 is 2.64 bits per heavy atom. The smallest absolute Gasteiger partial charge is 0.338 e. The normalized spacial score (nSPS) is 10.4. The lowest BCUT2D eigenvalue weighted by atomic mass is 10.2. The first kappa shape index (κ1) is 18.8. The van der Waals surface area contributed by atoms with Crippen LogP contribution in [0.3, 0.4) is 0 Å². The van der Waals surface area contributed by atoms with Gasteiger partial charge in [0.2, 0.25) is 5.91 Å². The molecule has 0 saturated heterocycles. The molecule has 0 fully saturated rings. The third-order valence-electron chi connectivity index (χ3n) is 2.99. The molecule has 25 heavy (non-hydrogen) atoms. The molecule has 2 N–H and O–H groups in total. The van der Waals surface area contributed by atoms with Crippen molar-refractivity contribution in [2.45, 2.75) is 13.3 Å². The topological polar surface area (TPSA) is 67.4 Å². The Balaban J connectivity index is 1.83. The number of rotatable bonds is 6. The van der Waals surface area contributed by atoms with Crippen LogP contribution in [0.25, 0.3) is 6.08 Å². The van der Waals surface area contributed by atoms with E-state index < -0.39 is 0 Å². The van der Waals surface area contributed by atoms with Crippen LogP contribution in [-0.4, -0.2) is 23.6 Å². The number of carbonyl (C=O) groups is 2. The van der Waals surface area contributed by atoms with Crippen LogP contribution < -0.4 is 10.6 Å². The van der Waals surface area contributed by atoms with Crippen molar-refractivity contribution in [2.75, 3.05) is 11.9 Å². The number of esters is 1. The van der Waals surface area contributed by atoms with Crippen molar-refractivity contribution < 1.29 is 14.3 Å². The summed E-state index contributed by atoms with van der Waals surface area (Å²) < 4.78 is 5.06. The van der Waals surface area contributed by atoms with E-state index in [0.717, 1.165) is 11.3 Å². The lowest BCUT2D eigenvalue weighted by molar-refractivity contribution is -0.115. The summed E-state index contributed by atoms with van der Waals surface area (Å²) in [6.07, 6.45) is 3.92. The first-order valence-electron chi connectivity index (χ1n) is 7.69. The van der Waals surface area contributed by atoms with Crippen molar-refractivity contribution in [1.82, 2.24) is 5.32 Å². The minimum Gasteiger partial charge on any atom is -0.462 e. The van der Waals surface area contributed by atoms with E-state index in [-0.39, 0.29) is 17.0 Å². The number of benzene rings is 1. The Labute approximate surface area is 155 Å². The van der Waals surface area contributed by atoms with Gasteiger partial charge in [0.1, 0.15) is 0 Å². The van der Waals surface area contributed by atoms with Crippen molar-refractivity contribution in [3.63, 3.8) is 0 Å². The second-order valence-corrected chi connectivity index (χ2v) is 6.39. The van der Waals surface area contributed by atoms with E-state index >= 15 is 0 Å². The van der Waals surface area contributed by atoms with E-state index in [1.54, 1.807) is 41.7 Å². The molecule has 1 heterocycles. The van der Waals surface area contributed by atoms with Gasteiger partial charge in [0.15, 0.2) is 5.11 Å². The van der Waals surface area contributed by atoms with Crippen LogP contribution >= 0.6 is 23.6 Å². The van der Waals surface area contributed by atoms with Gasteiger partial charge >= 0.3 is 5.97 Å². The van der Waals surface area contributed by atoms with Gasteiger partial charge in [-0.15, -0.1) is 11.3 Å². The third kappa shape index (κ3) is 6.48. The highest BCUT2D eigenvalue weighted by atomic mass is 32.1. The second kappa shape index (κ2) is 9.71. The van der Waals surface area contributed by atoms with Crippen molar-refractivity contribution >= 4 is 52.3 Å². The van der Waals surface area contributed by atoms with E-state index in [0.29, 0.717) is 17.9 Å². The molecular weight excluding hydrogens is 356 g/mol. The molecule has 0 aliphatic heterocycles. The molecule has 130 valence electrons. The van der Waals surface area contributed by atoms with Gasteiger partial charge in [-0.1, -0.05) is 13.0 Å². The van der Waals surface area contributed by atoms with Crippen molar-refractivity contribution in [3.05, 3.63) is 58.3 Å². The predicted molar refractivity (Wildman–Crippen MR) is 105 cm³/mol. The zero-order chi connectivity index (χ0) is 18.1. The van der Waals surface area contributed by atoms with Crippen molar-refractivity contribution in [3.8, 4) is 0 Å². The van der Waals surface area contributed by atoms with Gasteiger partial charge in [-0.2, -0.15) is 0 Å². The molecule has 2 rings (SSSR count). The molecule has 0 unspecified atom stereocenters. The fourth-order valence-corrected chi connectivity index (χ4v) is 2.66. The summed E-state index contributed by atoms with van der Waals surface area (Å²) in [7, 11) is 0.